The molecule has 0 aliphatic heterocycles. The molecule has 1 nitrogen and oxygen atoms in total. The van der Waals surface area contributed by atoms with Crippen LogP contribution in [0.25, 0.3) is 0 Å². The van der Waals surface area contributed by atoms with Crippen molar-refractivity contribution in [3.63, 3.8) is 0 Å². The second-order valence-electron chi connectivity index (χ2n) is 3.29. The number of rotatable bonds is 3. The predicted molar refractivity (Wildman–Crippen MR) is 52.1 cm³/mol. The van der Waals surface area contributed by atoms with E-state index in [1.807, 2.05) is 6.92 Å². The van der Waals surface area contributed by atoms with E-state index in [2.05, 4.69) is 0 Å². The summed E-state index contributed by atoms with van der Waals surface area (Å²) in [4.78, 5) is 0. The van der Waals surface area contributed by atoms with Gasteiger partial charge in [0.25, 0.3) is 0 Å². The molecule has 0 heterocycles. The Bertz CT molecular complexity index is 331. The number of halogens is 3. The van der Waals surface area contributed by atoms with Crippen LogP contribution in [0.2, 0.25) is 0 Å². The zero-order valence-electron chi connectivity index (χ0n) is 8.69. The van der Waals surface area contributed by atoms with Crippen molar-refractivity contribution in [2.24, 2.45) is 0 Å². The van der Waals surface area contributed by atoms with E-state index in [0.29, 0.717) is 5.75 Å². The number of alkyl halides is 3. The maximum atomic E-state index is 12.2. The van der Waals surface area contributed by atoms with Gasteiger partial charge in [0.1, 0.15) is 5.75 Å². The number of hydrogen-bond acceptors (Lipinski definition) is 1. The summed E-state index contributed by atoms with van der Waals surface area (Å²) < 4.78 is 41.6. The monoisotopic (exact) mass is 218 g/mol. The second kappa shape index (κ2) is 4.55. The van der Waals surface area contributed by atoms with Crippen molar-refractivity contribution in [3.8, 4) is 5.75 Å². The third-order valence-corrected chi connectivity index (χ3v) is 2.14. The van der Waals surface area contributed by atoms with E-state index in [-0.39, 0.29) is 5.56 Å². The summed E-state index contributed by atoms with van der Waals surface area (Å²) in [6.45, 7) is 1.90. The van der Waals surface area contributed by atoms with Gasteiger partial charge >= 0.3 is 6.18 Å². The van der Waals surface area contributed by atoms with Crippen LogP contribution in [-0.2, 0) is 12.8 Å². The molecule has 1 rings (SSSR count). The highest BCUT2D eigenvalue weighted by Crippen LogP contribution is 2.28. The topological polar surface area (TPSA) is 9.23 Å². The minimum atomic E-state index is -4.19. The number of hydrogen-bond donors (Lipinski definition) is 0. The maximum absolute atomic E-state index is 12.2. The van der Waals surface area contributed by atoms with Crippen molar-refractivity contribution in [3.05, 3.63) is 29.3 Å². The van der Waals surface area contributed by atoms with Gasteiger partial charge in [0.15, 0.2) is 0 Å². The Kier molecular flexibility index (Phi) is 3.61. The molecule has 4 heteroatoms. The molecule has 0 atom stereocenters. The molecule has 1 aromatic carbocycles. The van der Waals surface area contributed by atoms with Gasteiger partial charge in [-0.3, -0.25) is 0 Å². The molecule has 0 amide bonds. The van der Waals surface area contributed by atoms with Crippen molar-refractivity contribution < 1.29 is 17.9 Å². The van der Waals surface area contributed by atoms with Crippen LogP contribution in [-0.4, -0.2) is 13.3 Å². The fourth-order valence-corrected chi connectivity index (χ4v) is 1.41. The zero-order valence-corrected chi connectivity index (χ0v) is 8.69. The smallest absolute Gasteiger partial charge is 0.393 e. The number of ether oxygens (including phenoxy) is 1. The zero-order chi connectivity index (χ0) is 11.5. The maximum Gasteiger partial charge on any atom is 0.393 e. The van der Waals surface area contributed by atoms with Crippen LogP contribution in [0.3, 0.4) is 0 Å². The first kappa shape index (κ1) is 11.9. The van der Waals surface area contributed by atoms with Crippen LogP contribution in [0.15, 0.2) is 18.2 Å². The van der Waals surface area contributed by atoms with Crippen LogP contribution >= 0.6 is 0 Å². The van der Waals surface area contributed by atoms with Crippen LogP contribution in [0.1, 0.15) is 18.1 Å². The molecule has 1 aromatic rings. The third-order valence-electron chi connectivity index (χ3n) is 2.14. The molecular weight excluding hydrogens is 205 g/mol. The highest BCUT2D eigenvalue weighted by atomic mass is 19.4. The molecule has 0 aromatic heterocycles. The van der Waals surface area contributed by atoms with Crippen LogP contribution < -0.4 is 4.74 Å². The largest absolute Gasteiger partial charge is 0.496 e. The van der Waals surface area contributed by atoms with Crippen molar-refractivity contribution in [1.29, 1.82) is 0 Å². The molecular formula is C11H13F3O. The average Bonchev–Trinajstić information content (AvgIpc) is 2.15. The Morgan fingerprint density at radius 3 is 2.40 bits per heavy atom. The van der Waals surface area contributed by atoms with Gasteiger partial charge < -0.3 is 4.74 Å². The number of aryl methyl sites for hydroxylation is 1. The van der Waals surface area contributed by atoms with Gasteiger partial charge in [-0.05, 0) is 18.1 Å². The van der Waals surface area contributed by atoms with Gasteiger partial charge in [-0.2, -0.15) is 13.2 Å². The predicted octanol–water partition coefficient (Wildman–Crippen LogP) is 3.36. The molecule has 84 valence electrons. The van der Waals surface area contributed by atoms with Crippen LogP contribution in [0.5, 0.6) is 5.75 Å². The Morgan fingerprint density at radius 2 is 1.93 bits per heavy atom. The summed E-state index contributed by atoms with van der Waals surface area (Å²) in [6, 6.07) is 4.91. The van der Waals surface area contributed by atoms with E-state index in [4.69, 9.17) is 4.74 Å². The number of benzene rings is 1. The van der Waals surface area contributed by atoms with Gasteiger partial charge in [0.05, 0.1) is 13.5 Å². The lowest BCUT2D eigenvalue weighted by Gasteiger charge is -2.12. The normalized spacial score (nSPS) is 11.5. The molecule has 0 N–H and O–H groups in total. The van der Waals surface area contributed by atoms with Crippen molar-refractivity contribution in [1.82, 2.24) is 0 Å². The minimum absolute atomic E-state index is 0.198. The quantitative estimate of drug-likeness (QED) is 0.755. The molecule has 15 heavy (non-hydrogen) atoms. The summed E-state index contributed by atoms with van der Waals surface area (Å²) in [5, 5.41) is 0. The fourth-order valence-electron chi connectivity index (χ4n) is 1.41. The highest BCUT2D eigenvalue weighted by Gasteiger charge is 2.29. The molecule has 0 radical (unpaired) electrons. The first-order valence-corrected chi connectivity index (χ1v) is 4.69. The van der Waals surface area contributed by atoms with Crippen molar-refractivity contribution >= 4 is 0 Å². The molecule has 0 unspecified atom stereocenters. The highest BCUT2D eigenvalue weighted by molar-refractivity contribution is 5.37. The Morgan fingerprint density at radius 1 is 1.27 bits per heavy atom. The van der Waals surface area contributed by atoms with Gasteiger partial charge in [-0.25, -0.2) is 0 Å². The van der Waals surface area contributed by atoms with Gasteiger partial charge in [0.2, 0.25) is 0 Å². The second-order valence-corrected chi connectivity index (χ2v) is 3.29. The van der Waals surface area contributed by atoms with Crippen molar-refractivity contribution in [2.45, 2.75) is 25.9 Å². The van der Waals surface area contributed by atoms with Crippen molar-refractivity contribution in [2.75, 3.05) is 7.11 Å². The molecule has 0 fully saturated rings. The molecule has 0 bridgehead atoms. The SMILES string of the molecule is CCc1ccc(OC)c(CC(F)(F)F)c1. The van der Waals surface area contributed by atoms with E-state index < -0.39 is 12.6 Å². The lowest BCUT2D eigenvalue weighted by molar-refractivity contribution is -0.127. The average molecular weight is 218 g/mol. The Hall–Kier alpha value is -1.19. The van der Waals surface area contributed by atoms with Gasteiger partial charge in [-0.1, -0.05) is 19.1 Å². The minimum Gasteiger partial charge on any atom is -0.496 e. The summed E-state index contributed by atoms with van der Waals surface area (Å²) in [5.41, 5.74) is 1.08. The van der Waals surface area contributed by atoms with E-state index in [1.54, 1.807) is 18.2 Å². The van der Waals surface area contributed by atoms with E-state index >= 15 is 0 Å². The molecule has 0 saturated carbocycles. The third kappa shape index (κ3) is 3.46. The van der Waals surface area contributed by atoms with Crippen LogP contribution in [0.4, 0.5) is 13.2 Å². The van der Waals surface area contributed by atoms with E-state index in [1.165, 1.54) is 7.11 Å². The molecule has 0 aliphatic carbocycles. The summed E-state index contributed by atoms with van der Waals surface area (Å²) in [7, 11) is 1.38. The van der Waals surface area contributed by atoms with Gasteiger partial charge in [0, 0.05) is 5.56 Å². The standard InChI is InChI=1S/C11H13F3O/c1-3-8-4-5-10(15-2)9(6-8)7-11(12,13)14/h4-6H,3,7H2,1-2H3. The van der Waals surface area contributed by atoms with Crippen LogP contribution in [0, 0.1) is 0 Å². The molecule has 0 spiro atoms. The summed E-state index contributed by atoms with van der Waals surface area (Å²) in [5.74, 6) is 0.296. The van der Waals surface area contributed by atoms with E-state index in [9.17, 15) is 13.2 Å². The molecule has 0 aliphatic rings. The first-order valence-electron chi connectivity index (χ1n) is 4.69. The van der Waals surface area contributed by atoms with E-state index in [0.717, 1.165) is 12.0 Å². The van der Waals surface area contributed by atoms with Gasteiger partial charge in [-0.15, -0.1) is 0 Å². The summed E-state index contributed by atoms with van der Waals surface area (Å²) >= 11 is 0. The Labute approximate surface area is 86.9 Å². The fraction of sp³-hybridized carbons (Fsp3) is 0.455. The molecule has 0 saturated heterocycles. The Balaban J connectivity index is 3.01. The lowest BCUT2D eigenvalue weighted by Crippen LogP contribution is -2.12. The first-order chi connectivity index (χ1) is 6.96. The lowest BCUT2D eigenvalue weighted by atomic mass is 10.1. The summed E-state index contributed by atoms with van der Waals surface area (Å²) in [6.07, 6.45) is -4.42. The number of methoxy groups -OCH3 is 1.